The molecule has 2 aliphatic heterocycles. The number of phenols is 1. The second-order valence-corrected chi connectivity index (χ2v) is 8.97. The SMILES string of the molecule is COC(C(=O)N1CCC2(CC1)CN(C(C)C)C2c1ccc(O)cc1)c1ccccc1. The highest BCUT2D eigenvalue weighted by atomic mass is 16.5. The van der Waals surface area contributed by atoms with Crippen molar-refractivity contribution in [2.24, 2.45) is 5.41 Å². The van der Waals surface area contributed by atoms with Gasteiger partial charge in [0, 0.05) is 44.2 Å². The van der Waals surface area contributed by atoms with Gasteiger partial charge >= 0.3 is 0 Å². The van der Waals surface area contributed by atoms with Crippen LogP contribution >= 0.6 is 0 Å². The molecule has 0 bridgehead atoms. The van der Waals surface area contributed by atoms with Gasteiger partial charge in [-0.3, -0.25) is 9.69 Å². The lowest BCUT2D eigenvalue weighted by Gasteiger charge is -2.62. The number of rotatable bonds is 5. The van der Waals surface area contributed by atoms with E-state index in [0.29, 0.717) is 17.8 Å². The Morgan fingerprint density at radius 1 is 1.07 bits per heavy atom. The van der Waals surface area contributed by atoms with Crippen LogP contribution in [0.25, 0.3) is 0 Å². The standard InChI is InChI=1S/C25H32N2O3/c1-18(2)27-17-25(23(27)20-9-11-21(28)12-10-20)13-15-26(16-14-25)24(29)22(30-3)19-7-5-4-6-8-19/h4-12,18,22-23,28H,13-17H2,1-3H3. The Hall–Kier alpha value is -2.37. The maximum Gasteiger partial charge on any atom is 0.256 e. The molecule has 0 aromatic heterocycles. The molecule has 0 aliphatic carbocycles. The van der Waals surface area contributed by atoms with Crippen LogP contribution in [0.15, 0.2) is 54.6 Å². The highest BCUT2D eigenvalue weighted by Crippen LogP contribution is 2.55. The number of hydrogen-bond donors (Lipinski definition) is 1. The second-order valence-electron chi connectivity index (χ2n) is 8.97. The molecule has 0 radical (unpaired) electrons. The Balaban J connectivity index is 1.48. The third-order valence-corrected chi connectivity index (χ3v) is 6.91. The van der Waals surface area contributed by atoms with Crippen LogP contribution in [-0.2, 0) is 9.53 Å². The number of nitrogens with zero attached hydrogens (tertiary/aromatic N) is 2. The predicted molar refractivity (Wildman–Crippen MR) is 117 cm³/mol. The monoisotopic (exact) mass is 408 g/mol. The van der Waals surface area contributed by atoms with E-state index >= 15 is 0 Å². The van der Waals surface area contributed by atoms with E-state index in [2.05, 4.69) is 18.7 Å². The van der Waals surface area contributed by atoms with E-state index in [4.69, 9.17) is 4.74 Å². The molecule has 5 heteroatoms. The van der Waals surface area contributed by atoms with E-state index < -0.39 is 6.10 Å². The van der Waals surface area contributed by atoms with Crippen LogP contribution in [0.5, 0.6) is 5.75 Å². The maximum absolute atomic E-state index is 13.2. The van der Waals surface area contributed by atoms with Crippen LogP contribution in [0.1, 0.15) is 50.0 Å². The Morgan fingerprint density at radius 3 is 2.27 bits per heavy atom. The van der Waals surface area contributed by atoms with Crippen molar-refractivity contribution in [3.63, 3.8) is 0 Å². The zero-order valence-corrected chi connectivity index (χ0v) is 18.1. The van der Waals surface area contributed by atoms with E-state index in [9.17, 15) is 9.90 Å². The Bertz CT molecular complexity index is 858. The van der Waals surface area contributed by atoms with Crippen molar-refractivity contribution in [3.05, 3.63) is 65.7 Å². The number of aromatic hydroxyl groups is 1. The molecule has 2 saturated heterocycles. The summed E-state index contributed by atoms with van der Waals surface area (Å²) in [4.78, 5) is 17.7. The summed E-state index contributed by atoms with van der Waals surface area (Å²) in [7, 11) is 1.61. The van der Waals surface area contributed by atoms with Crippen molar-refractivity contribution < 1.29 is 14.6 Å². The number of hydrogen-bond acceptors (Lipinski definition) is 4. The molecule has 2 atom stereocenters. The van der Waals surface area contributed by atoms with Crippen molar-refractivity contribution in [3.8, 4) is 5.75 Å². The number of piperidine rings is 1. The number of carbonyl (C=O) groups excluding carboxylic acids is 1. The first-order chi connectivity index (χ1) is 14.4. The fourth-order valence-electron chi connectivity index (χ4n) is 5.24. The topological polar surface area (TPSA) is 53.0 Å². The van der Waals surface area contributed by atoms with Gasteiger partial charge in [0.2, 0.25) is 0 Å². The molecule has 4 rings (SSSR count). The normalized spacial score (nSPS) is 22.1. The van der Waals surface area contributed by atoms with Crippen molar-refractivity contribution in [2.45, 2.75) is 44.9 Å². The van der Waals surface area contributed by atoms with Crippen molar-refractivity contribution in [1.29, 1.82) is 0 Å². The average Bonchev–Trinajstić information content (AvgIpc) is 2.75. The fraction of sp³-hybridized carbons (Fsp3) is 0.480. The first-order valence-corrected chi connectivity index (χ1v) is 10.9. The number of phenolic OH excluding ortho intramolecular Hbond substituents is 1. The fourth-order valence-corrected chi connectivity index (χ4v) is 5.24. The minimum atomic E-state index is -0.540. The summed E-state index contributed by atoms with van der Waals surface area (Å²) < 4.78 is 5.57. The molecule has 2 unspecified atom stereocenters. The lowest BCUT2D eigenvalue weighted by atomic mass is 9.62. The van der Waals surface area contributed by atoms with Gasteiger partial charge in [-0.05, 0) is 49.9 Å². The quantitative estimate of drug-likeness (QED) is 0.807. The molecule has 0 saturated carbocycles. The second kappa shape index (κ2) is 8.40. The van der Waals surface area contributed by atoms with Crippen molar-refractivity contribution >= 4 is 5.91 Å². The molecular weight excluding hydrogens is 376 g/mol. The van der Waals surface area contributed by atoms with Gasteiger partial charge in [-0.1, -0.05) is 42.5 Å². The molecule has 1 spiro atoms. The van der Waals surface area contributed by atoms with Crippen LogP contribution in [0.4, 0.5) is 0 Å². The molecule has 2 aromatic rings. The van der Waals surface area contributed by atoms with Gasteiger partial charge < -0.3 is 14.7 Å². The zero-order chi connectivity index (χ0) is 21.3. The Kier molecular flexibility index (Phi) is 5.85. The van der Waals surface area contributed by atoms with Crippen LogP contribution < -0.4 is 0 Å². The molecule has 2 heterocycles. The van der Waals surface area contributed by atoms with E-state index in [-0.39, 0.29) is 11.3 Å². The maximum atomic E-state index is 13.2. The minimum Gasteiger partial charge on any atom is -0.508 e. The van der Waals surface area contributed by atoms with Gasteiger partial charge in [-0.2, -0.15) is 0 Å². The Morgan fingerprint density at radius 2 is 1.70 bits per heavy atom. The molecule has 2 fully saturated rings. The van der Waals surface area contributed by atoms with Gasteiger partial charge in [0.1, 0.15) is 5.75 Å². The molecule has 5 nitrogen and oxygen atoms in total. The molecule has 2 aliphatic rings. The number of amides is 1. The van der Waals surface area contributed by atoms with E-state index in [0.717, 1.165) is 38.0 Å². The van der Waals surface area contributed by atoms with E-state index in [1.165, 1.54) is 5.56 Å². The van der Waals surface area contributed by atoms with Gasteiger partial charge in [0.25, 0.3) is 5.91 Å². The van der Waals surface area contributed by atoms with Gasteiger partial charge in [-0.15, -0.1) is 0 Å². The summed E-state index contributed by atoms with van der Waals surface area (Å²) >= 11 is 0. The minimum absolute atomic E-state index is 0.0553. The molecule has 2 aromatic carbocycles. The smallest absolute Gasteiger partial charge is 0.256 e. The van der Waals surface area contributed by atoms with Crippen LogP contribution in [-0.4, -0.2) is 53.6 Å². The highest BCUT2D eigenvalue weighted by Gasteiger charge is 2.55. The van der Waals surface area contributed by atoms with Gasteiger partial charge in [-0.25, -0.2) is 0 Å². The summed E-state index contributed by atoms with van der Waals surface area (Å²) in [5.74, 6) is 0.356. The van der Waals surface area contributed by atoms with Gasteiger partial charge in [0.05, 0.1) is 0 Å². The molecular formula is C25H32N2O3. The lowest BCUT2D eigenvalue weighted by Crippen LogP contribution is -2.64. The van der Waals surface area contributed by atoms with E-state index in [1.807, 2.05) is 47.4 Å². The Labute approximate surface area is 179 Å². The third kappa shape index (κ3) is 3.72. The summed E-state index contributed by atoms with van der Waals surface area (Å²) in [5.41, 5.74) is 2.35. The summed E-state index contributed by atoms with van der Waals surface area (Å²) in [6.07, 6.45) is 1.43. The van der Waals surface area contributed by atoms with Gasteiger partial charge in [0.15, 0.2) is 6.10 Å². The molecule has 30 heavy (non-hydrogen) atoms. The lowest BCUT2D eigenvalue weighted by molar-refractivity contribution is -0.156. The first-order valence-electron chi connectivity index (χ1n) is 10.9. The number of benzene rings is 2. The van der Waals surface area contributed by atoms with E-state index in [1.54, 1.807) is 19.2 Å². The molecule has 160 valence electrons. The highest BCUT2D eigenvalue weighted by molar-refractivity contribution is 5.82. The van der Waals surface area contributed by atoms with Crippen LogP contribution in [0.2, 0.25) is 0 Å². The number of likely N-dealkylation sites (tertiary alicyclic amines) is 2. The van der Waals surface area contributed by atoms with Crippen LogP contribution in [0.3, 0.4) is 0 Å². The first kappa shape index (κ1) is 20.9. The van der Waals surface area contributed by atoms with Crippen molar-refractivity contribution in [2.75, 3.05) is 26.7 Å². The third-order valence-electron chi connectivity index (χ3n) is 6.91. The molecule has 1 amide bonds. The molecule has 1 N–H and O–H groups in total. The largest absolute Gasteiger partial charge is 0.508 e. The number of methoxy groups -OCH3 is 1. The zero-order valence-electron chi connectivity index (χ0n) is 18.1. The predicted octanol–water partition coefficient (Wildman–Crippen LogP) is 4.15. The van der Waals surface area contributed by atoms with Crippen LogP contribution in [0, 0.1) is 5.41 Å². The number of carbonyl (C=O) groups is 1. The summed E-state index contributed by atoms with van der Waals surface area (Å²) in [5, 5.41) is 9.70. The number of ether oxygens (including phenoxy) is 1. The summed E-state index contributed by atoms with van der Waals surface area (Å²) in [6.45, 7) is 7.05. The average molecular weight is 409 g/mol. The summed E-state index contributed by atoms with van der Waals surface area (Å²) in [6, 6.07) is 18.2. The van der Waals surface area contributed by atoms with Crippen molar-refractivity contribution in [1.82, 2.24) is 9.80 Å².